The summed E-state index contributed by atoms with van der Waals surface area (Å²) in [6.45, 7) is 9.19. The number of nitrogens with one attached hydrogen (secondary N) is 1. The molecule has 2 rings (SSSR count). The highest BCUT2D eigenvalue weighted by molar-refractivity contribution is 7.16. The molecule has 24 heavy (non-hydrogen) atoms. The topological polar surface area (TPSA) is 32.3 Å². The maximum atomic E-state index is 12.4. The molecular formula is C18H20Cl2N2OS. The highest BCUT2D eigenvalue weighted by atomic mass is 35.5. The number of carbonyl (C=O) groups is 1. The van der Waals surface area contributed by atoms with Gasteiger partial charge in [-0.15, -0.1) is 17.9 Å². The summed E-state index contributed by atoms with van der Waals surface area (Å²) in [4.78, 5) is 15.5. The van der Waals surface area contributed by atoms with Crippen molar-refractivity contribution < 1.29 is 4.79 Å². The number of halogens is 2. The number of hydrogen-bond acceptors (Lipinski definition) is 3. The van der Waals surface area contributed by atoms with Crippen LogP contribution >= 0.6 is 34.5 Å². The molecule has 0 bridgehead atoms. The Hall–Kier alpha value is -1.33. The minimum atomic E-state index is -0.103. The first-order valence-electron chi connectivity index (χ1n) is 7.53. The fraction of sp³-hybridized carbons (Fsp3) is 0.278. The van der Waals surface area contributed by atoms with Crippen LogP contribution in [-0.4, -0.2) is 23.9 Å². The Bertz CT molecular complexity index is 719. The first kappa shape index (κ1) is 19.0. The number of nitrogens with zero attached hydrogens (tertiary/aromatic N) is 1. The van der Waals surface area contributed by atoms with E-state index in [0.29, 0.717) is 23.8 Å². The zero-order valence-electron chi connectivity index (χ0n) is 13.7. The van der Waals surface area contributed by atoms with Gasteiger partial charge in [0, 0.05) is 18.0 Å². The Morgan fingerprint density at radius 1 is 1.33 bits per heavy atom. The fourth-order valence-electron chi connectivity index (χ4n) is 2.48. The van der Waals surface area contributed by atoms with E-state index in [2.05, 4.69) is 11.9 Å². The number of amides is 1. The molecule has 1 N–H and O–H groups in total. The van der Waals surface area contributed by atoms with Gasteiger partial charge >= 0.3 is 0 Å². The highest BCUT2D eigenvalue weighted by Crippen LogP contribution is 2.27. The van der Waals surface area contributed by atoms with Crippen LogP contribution in [0.1, 0.15) is 16.0 Å². The Balaban J connectivity index is 2.04. The van der Waals surface area contributed by atoms with Gasteiger partial charge in [0.15, 0.2) is 0 Å². The Labute approximate surface area is 156 Å². The number of thiophene rings is 1. The molecule has 3 nitrogen and oxygen atoms in total. The molecular weight excluding hydrogens is 363 g/mol. The van der Waals surface area contributed by atoms with Gasteiger partial charge in [-0.05, 0) is 43.2 Å². The van der Waals surface area contributed by atoms with E-state index in [-0.39, 0.29) is 12.5 Å². The van der Waals surface area contributed by atoms with Gasteiger partial charge in [-0.25, -0.2) is 0 Å². The summed E-state index contributed by atoms with van der Waals surface area (Å²) in [6.07, 6.45) is 1.78. The van der Waals surface area contributed by atoms with E-state index < -0.39 is 0 Å². The summed E-state index contributed by atoms with van der Waals surface area (Å²) in [5.41, 5.74) is 2.69. The van der Waals surface area contributed by atoms with Crippen molar-refractivity contribution in [1.29, 1.82) is 0 Å². The Morgan fingerprint density at radius 3 is 2.67 bits per heavy atom. The van der Waals surface area contributed by atoms with E-state index in [1.165, 1.54) is 11.3 Å². The van der Waals surface area contributed by atoms with E-state index in [1.54, 1.807) is 6.08 Å². The summed E-state index contributed by atoms with van der Waals surface area (Å²) in [7, 11) is 0. The molecule has 1 aromatic heterocycles. The molecule has 6 heteroatoms. The number of hydrogen-bond donors (Lipinski definition) is 1. The normalized spacial score (nSPS) is 10.9. The van der Waals surface area contributed by atoms with E-state index in [0.717, 1.165) is 20.3 Å². The van der Waals surface area contributed by atoms with Gasteiger partial charge < -0.3 is 5.32 Å². The molecule has 0 aliphatic carbocycles. The van der Waals surface area contributed by atoms with E-state index in [4.69, 9.17) is 23.2 Å². The smallest absolute Gasteiger partial charge is 0.238 e. The van der Waals surface area contributed by atoms with Crippen molar-refractivity contribution in [3.05, 3.63) is 62.3 Å². The minimum absolute atomic E-state index is 0.103. The quantitative estimate of drug-likeness (QED) is 0.658. The molecule has 0 saturated carbocycles. The van der Waals surface area contributed by atoms with Gasteiger partial charge in [-0.1, -0.05) is 35.3 Å². The van der Waals surface area contributed by atoms with Gasteiger partial charge in [0.2, 0.25) is 5.91 Å². The van der Waals surface area contributed by atoms with Gasteiger partial charge in [0.05, 0.1) is 21.6 Å². The van der Waals surface area contributed by atoms with E-state index in [9.17, 15) is 4.79 Å². The lowest BCUT2D eigenvalue weighted by molar-refractivity contribution is -0.117. The maximum Gasteiger partial charge on any atom is 0.238 e. The summed E-state index contributed by atoms with van der Waals surface area (Å²) in [5, 5.41) is 3.47. The Morgan fingerprint density at radius 2 is 2.08 bits per heavy atom. The first-order chi connectivity index (χ1) is 11.4. The lowest BCUT2D eigenvalue weighted by Gasteiger charge is -2.20. The average molecular weight is 383 g/mol. The average Bonchev–Trinajstić information content (AvgIpc) is 2.88. The molecule has 1 aromatic carbocycles. The predicted octanol–water partition coefficient (Wildman–Crippen LogP) is 5.30. The van der Waals surface area contributed by atoms with Crippen molar-refractivity contribution in [3.8, 4) is 0 Å². The molecule has 0 atom stereocenters. The van der Waals surface area contributed by atoms with Crippen molar-refractivity contribution in [3.63, 3.8) is 0 Å². The van der Waals surface area contributed by atoms with Crippen LogP contribution in [0, 0.1) is 13.8 Å². The standard InChI is InChI=1S/C18H20Cl2N2OS/c1-4-7-22(10-14-5-6-16(20)24-14)11-17(23)21-18-13(3)8-12(2)9-15(18)19/h4-6,8-9H,1,7,10-11H2,2-3H3,(H,21,23). The lowest BCUT2D eigenvalue weighted by Crippen LogP contribution is -2.33. The molecule has 1 amide bonds. The van der Waals surface area contributed by atoms with Gasteiger partial charge in [0.25, 0.3) is 0 Å². The molecule has 1 heterocycles. The fourth-order valence-corrected chi connectivity index (χ4v) is 3.98. The monoisotopic (exact) mass is 382 g/mol. The van der Waals surface area contributed by atoms with Crippen molar-refractivity contribution in [2.75, 3.05) is 18.4 Å². The number of aryl methyl sites for hydroxylation is 2. The summed E-state index contributed by atoms with van der Waals surface area (Å²) in [5.74, 6) is -0.103. The Kier molecular flexibility index (Phi) is 6.87. The lowest BCUT2D eigenvalue weighted by atomic mass is 10.1. The maximum absolute atomic E-state index is 12.4. The van der Waals surface area contributed by atoms with Crippen LogP contribution in [-0.2, 0) is 11.3 Å². The molecule has 0 fully saturated rings. The zero-order valence-corrected chi connectivity index (χ0v) is 16.1. The van der Waals surface area contributed by atoms with Crippen LogP contribution < -0.4 is 5.32 Å². The van der Waals surface area contributed by atoms with Crippen LogP contribution in [0.5, 0.6) is 0 Å². The third-order valence-electron chi connectivity index (χ3n) is 3.46. The molecule has 0 radical (unpaired) electrons. The second-order valence-corrected chi connectivity index (χ2v) is 7.86. The van der Waals surface area contributed by atoms with Gasteiger partial charge in [0.1, 0.15) is 0 Å². The van der Waals surface area contributed by atoms with Crippen molar-refractivity contribution in [1.82, 2.24) is 4.90 Å². The molecule has 0 aliphatic heterocycles. The van der Waals surface area contributed by atoms with Crippen molar-refractivity contribution in [2.45, 2.75) is 20.4 Å². The van der Waals surface area contributed by atoms with Gasteiger partial charge in [-0.2, -0.15) is 0 Å². The summed E-state index contributed by atoms with van der Waals surface area (Å²) >= 11 is 13.7. The van der Waals surface area contributed by atoms with Crippen molar-refractivity contribution >= 4 is 46.1 Å². The molecule has 128 valence electrons. The molecule has 0 unspecified atom stereocenters. The molecule has 2 aromatic rings. The number of benzene rings is 1. The third kappa shape index (κ3) is 5.35. The number of rotatable bonds is 7. The molecule has 0 spiro atoms. The first-order valence-corrected chi connectivity index (χ1v) is 9.10. The van der Waals surface area contributed by atoms with Gasteiger partial charge in [-0.3, -0.25) is 9.69 Å². The van der Waals surface area contributed by atoms with Crippen LogP contribution in [0.4, 0.5) is 5.69 Å². The van der Waals surface area contributed by atoms with Crippen molar-refractivity contribution in [2.24, 2.45) is 0 Å². The zero-order chi connectivity index (χ0) is 17.7. The predicted molar refractivity (Wildman–Crippen MR) is 104 cm³/mol. The van der Waals surface area contributed by atoms with Crippen LogP contribution in [0.3, 0.4) is 0 Å². The van der Waals surface area contributed by atoms with Crippen LogP contribution in [0.2, 0.25) is 9.36 Å². The largest absolute Gasteiger partial charge is 0.323 e. The van der Waals surface area contributed by atoms with Crippen LogP contribution in [0.15, 0.2) is 36.9 Å². The number of anilines is 1. The van der Waals surface area contributed by atoms with Crippen LogP contribution in [0.25, 0.3) is 0 Å². The second kappa shape index (κ2) is 8.67. The SMILES string of the molecule is C=CCN(CC(=O)Nc1c(C)cc(C)cc1Cl)Cc1ccc(Cl)s1. The van der Waals surface area contributed by atoms with E-state index >= 15 is 0 Å². The number of carbonyl (C=O) groups excluding carboxylic acids is 1. The molecule has 0 saturated heterocycles. The summed E-state index contributed by atoms with van der Waals surface area (Å²) in [6, 6.07) is 7.68. The minimum Gasteiger partial charge on any atom is -0.323 e. The third-order valence-corrected chi connectivity index (χ3v) is 4.97. The van der Waals surface area contributed by atoms with E-state index in [1.807, 2.05) is 43.0 Å². The second-order valence-electron chi connectivity index (χ2n) is 5.65. The summed E-state index contributed by atoms with van der Waals surface area (Å²) < 4.78 is 0.745. The molecule has 0 aliphatic rings. The highest BCUT2D eigenvalue weighted by Gasteiger charge is 2.14.